The van der Waals surface area contributed by atoms with Crippen molar-refractivity contribution in [2.45, 2.75) is 31.2 Å². The van der Waals surface area contributed by atoms with E-state index in [1.54, 1.807) is 25.3 Å². The van der Waals surface area contributed by atoms with Crippen LogP contribution in [0.15, 0.2) is 77.7 Å². The number of ether oxygens (including phenoxy) is 1. The predicted octanol–water partition coefficient (Wildman–Crippen LogP) is 5.12. The number of nitrogens with zero attached hydrogens (tertiary/aromatic N) is 1. The van der Waals surface area contributed by atoms with Gasteiger partial charge in [-0.25, -0.2) is 8.42 Å². The Morgan fingerprint density at radius 3 is 2.30 bits per heavy atom. The zero-order chi connectivity index (χ0) is 24.0. The number of anilines is 1. The summed E-state index contributed by atoms with van der Waals surface area (Å²) < 4.78 is 33.3. The van der Waals surface area contributed by atoms with E-state index in [-0.39, 0.29) is 17.5 Å². The lowest BCUT2D eigenvalue weighted by molar-refractivity contribution is -0.120. The van der Waals surface area contributed by atoms with Crippen LogP contribution in [0.5, 0.6) is 5.75 Å². The Morgan fingerprint density at radius 1 is 1.06 bits per heavy atom. The summed E-state index contributed by atoms with van der Waals surface area (Å²) in [6, 6.07) is 20.1. The smallest absolute Gasteiger partial charge is 0.264 e. The molecule has 0 aliphatic carbocycles. The summed E-state index contributed by atoms with van der Waals surface area (Å²) in [4.78, 5) is 13.1. The molecule has 0 heterocycles. The van der Waals surface area contributed by atoms with Crippen molar-refractivity contribution < 1.29 is 17.9 Å². The predicted molar refractivity (Wildman–Crippen MR) is 131 cm³/mol. The van der Waals surface area contributed by atoms with Crippen molar-refractivity contribution in [3.8, 4) is 5.75 Å². The molecule has 1 atom stereocenters. The number of methoxy groups -OCH3 is 1. The van der Waals surface area contributed by atoms with E-state index in [1.807, 2.05) is 44.2 Å². The monoisotopic (exact) mass is 486 g/mol. The average molecular weight is 487 g/mol. The first-order valence-corrected chi connectivity index (χ1v) is 12.3. The van der Waals surface area contributed by atoms with E-state index in [9.17, 15) is 13.2 Å². The van der Waals surface area contributed by atoms with Crippen LogP contribution in [0.25, 0.3) is 0 Å². The van der Waals surface area contributed by atoms with Crippen LogP contribution in [-0.4, -0.2) is 28.0 Å². The summed E-state index contributed by atoms with van der Waals surface area (Å²) in [5.41, 5.74) is 2.21. The Labute approximate surface area is 200 Å². The molecule has 0 fully saturated rings. The minimum absolute atomic E-state index is 0.0587. The Bertz CT molecular complexity index is 1200. The summed E-state index contributed by atoms with van der Waals surface area (Å²) in [6.45, 7) is 3.46. The molecule has 3 rings (SSSR count). The Balaban J connectivity index is 1.89. The van der Waals surface area contributed by atoms with Gasteiger partial charge in [0.05, 0.1) is 23.7 Å². The van der Waals surface area contributed by atoms with Gasteiger partial charge in [0.1, 0.15) is 12.3 Å². The van der Waals surface area contributed by atoms with Crippen molar-refractivity contribution in [2.24, 2.45) is 0 Å². The zero-order valence-electron chi connectivity index (χ0n) is 18.8. The third-order valence-electron chi connectivity index (χ3n) is 5.24. The maximum absolute atomic E-state index is 13.5. The molecule has 8 heteroatoms. The normalized spacial score (nSPS) is 12.1. The largest absolute Gasteiger partial charge is 0.497 e. The molecule has 33 heavy (non-hydrogen) atoms. The van der Waals surface area contributed by atoms with Gasteiger partial charge in [0, 0.05) is 5.02 Å². The fraction of sp³-hybridized carbons (Fsp3) is 0.240. The average Bonchev–Trinajstić information content (AvgIpc) is 2.81. The number of benzene rings is 3. The van der Waals surface area contributed by atoms with Crippen molar-refractivity contribution >= 4 is 33.2 Å². The standard InChI is InChI=1S/C25H27ClN2O4S/c1-4-24(19-8-12-22(32-3)13-9-19)27-25(29)17-28(21-7-5-6-18(2)16-21)33(30,31)23-14-10-20(26)11-15-23/h5-16,24H,4,17H2,1-3H3,(H,27,29)/t24-/m0/s1. The van der Waals surface area contributed by atoms with Crippen molar-refractivity contribution in [2.75, 3.05) is 18.0 Å². The van der Waals surface area contributed by atoms with Crippen LogP contribution in [-0.2, 0) is 14.8 Å². The summed E-state index contributed by atoms with van der Waals surface area (Å²) in [5, 5.41) is 3.39. The van der Waals surface area contributed by atoms with Crippen LogP contribution in [0.2, 0.25) is 5.02 Å². The molecule has 0 saturated heterocycles. The Hall–Kier alpha value is -3.03. The highest BCUT2D eigenvalue weighted by molar-refractivity contribution is 7.92. The first-order valence-electron chi connectivity index (χ1n) is 10.5. The van der Waals surface area contributed by atoms with Gasteiger partial charge < -0.3 is 10.1 Å². The van der Waals surface area contributed by atoms with E-state index < -0.39 is 15.9 Å². The molecule has 3 aromatic carbocycles. The van der Waals surface area contributed by atoms with Crippen LogP contribution in [0, 0.1) is 6.92 Å². The van der Waals surface area contributed by atoms with Crippen molar-refractivity contribution in [1.29, 1.82) is 0 Å². The summed E-state index contributed by atoms with van der Waals surface area (Å²) in [7, 11) is -2.41. The van der Waals surface area contributed by atoms with E-state index in [4.69, 9.17) is 16.3 Å². The first kappa shape index (κ1) is 24.6. The molecule has 0 aromatic heterocycles. The SMILES string of the molecule is CC[C@H](NC(=O)CN(c1cccc(C)c1)S(=O)(=O)c1ccc(Cl)cc1)c1ccc(OC)cc1. The second-order valence-corrected chi connectivity index (χ2v) is 9.90. The topological polar surface area (TPSA) is 75.7 Å². The van der Waals surface area contributed by atoms with Gasteiger partial charge in [-0.05, 0) is 73.0 Å². The molecule has 3 aromatic rings. The minimum atomic E-state index is -4.00. The van der Waals surface area contributed by atoms with E-state index in [0.29, 0.717) is 17.1 Å². The van der Waals surface area contributed by atoms with Gasteiger partial charge in [-0.3, -0.25) is 9.10 Å². The van der Waals surface area contributed by atoms with Gasteiger partial charge in [0.2, 0.25) is 5.91 Å². The molecule has 0 radical (unpaired) electrons. The summed E-state index contributed by atoms with van der Waals surface area (Å²) in [6.07, 6.45) is 0.645. The fourth-order valence-electron chi connectivity index (χ4n) is 3.46. The van der Waals surface area contributed by atoms with Crippen molar-refractivity contribution in [3.63, 3.8) is 0 Å². The van der Waals surface area contributed by atoms with Crippen LogP contribution >= 0.6 is 11.6 Å². The van der Waals surface area contributed by atoms with E-state index in [0.717, 1.165) is 21.2 Å². The Kier molecular flexibility index (Phi) is 8.00. The maximum Gasteiger partial charge on any atom is 0.264 e. The van der Waals surface area contributed by atoms with E-state index in [1.165, 1.54) is 24.3 Å². The van der Waals surface area contributed by atoms with Crippen molar-refractivity contribution in [3.05, 3.63) is 88.9 Å². The van der Waals surface area contributed by atoms with Gasteiger partial charge in [0.15, 0.2) is 0 Å². The fourth-order valence-corrected chi connectivity index (χ4v) is 5.00. The van der Waals surface area contributed by atoms with Gasteiger partial charge in [-0.15, -0.1) is 0 Å². The van der Waals surface area contributed by atoms with Crippen LogP contribution < -0.4 is 14.4 Å². The number of sulfonamides is 1. The molecule has 0 aliphatic rings. The van der Waals surface area contributed by atoms with Crippen LogP contribution in [0.1, 0.15) is 30.5 Å². The molecule has 1 N–H and O–H groups in total. The van der Waals surface area contributed by atoms with Gasteiger partial charge in [-0.1, -0.05) is 42.8 Å². The lowest BCUT2D eigenvalue weighted by Crippen LogP contribution is -2.42. The van der Waals surface area contributed by atoms with Gasteiger partial charge in [0.25, 0.3) is 10.0 Å². The molecular formula is C25H27ClN2O4S. The number of nitrogens with one attached hydrogen (secondary N) is 1. The number of carbonyl (C=O) groups is 1. The van der Waals surface area contributed by atoms with Gasteiger partial charge >= 0.3 is 0 Å². The lowest BCUT2D eigenvalue weighted by Gasteiger charge is -2.26. The second kappa shape index (κ2) is 10.7. The second-order valence-electron chi connectivity index (χ2n) is 7.61. The number of halogens is 1. The molecule has 1 amide bonds. The molecule has 174 valence electrons. The molecule has 6 nitrogen and oxygen atoms in total. The first-order chi connectivity index (χ1) is 15.7. The molecule has 0 aliphatic heterocycles. The molecular weight excluding hydrogens is 460 g/mol. The van der Waals surface area contributed by atoms with Crippen LogP contribution in [0.4, 0.5) is 5.69 Å². The third kappa shape index (κ3) is 6.06. The highest BCUT2D eigenvalue weighted by Gasteiger charge is 2.28. The molecule has 0 spiro atoms. The minimum Gasteiger partial charge on any atom is -0.497 e. The number of hydrogen-bond acceptors (Lipinski definition) is 4. The zero-order valence-corrected chi connectivity index (χ0v) is 20.4. The van der Waals surface area contributed by atoms with Crippen molar-refractivity contribution in [1.82, 2.24) is 5.32 Å². The number of carbonyl (C=O) groups excluding carboxylic acids is 1. The molecule has 0 unspecified atom stereocenters. The summed E-state index contributed by atoms with van der Waals surface area (Å²) >= 11 is 5.93. The molecule has 0 bridgehead atoms. The highest BCUT2D eigenvalue weighted by atomic mass is 35.5. The third-order valence-corrected chi connectivity index (χ3v) is 7.28. The quantitative estimate of drug-likeness (QED) is 0.455. The number of hydrogen-bond donors (Lipinski definition) is 1. The molecule has 0 saturated carbocycles. The lowest BCUT2D eigenvalue weighted by atomic mass is 10.0. The summed E-state index contributed by atoms with van der Waals surface area (Å²) in [5.74, 6) is 0.316. The number of rotatable bonds is 9. The maximum atomic E-state index is 13.5. The van der Waals surface area contributed by atoms with E-state index in [2.05, 4.69) is 5.32 Å². The Morgan fingerprint density at radius 2 is 1.73 bits per heavy atom. The number of amides is 1. The highest BCUT2D eigenvalue weighted by Crippen LogP contribution is 2.26. The van der Waals surface area contributed by atoms with Gasteiger partial charge in [-0.2, -0.15) is 0 Å². The van der Waals surface area contributed by atoms with E-state index >= 15 is 0 Å². The number of aryl methyl sites for hydroxylation is 1. The van der Waals surface area contributed by atoms with Crippen LogP contribution in [0.3, 0.4) is 0 Å².